The van der Waals surface area contributed by atoms with E-state index in [4.69, 9.17) is 9.47 Å². The fourth-order valence-electron chi connectivity index (χ4n) is 2.72. The second-order valence-corrected chi connectivity index (χ2v) is 6.73. The number of hydrogen-bond donors (Lipinski definition) is 2. The Morgan fingerprint density at radius 3 is 2.57 bits per heavy atom. The molecule has 0 aromatic heterocycles. The first kappa shape index (κ1) is 19.7. The lowest BCUT2D eigenvalue weighted by atomic mass is 10.1. The predicted molar refractivity (Wildman–Crippen MR) is 113 cm³/mol. The molecule has 0 spiro atoms. The minimum absolute atomic E-state index is 0.0239. The Bertz CT molecular complexity index is 1050. The van der Waals surface area contributed by atoms with Gasteiger partial charge in [-0.1, -0.05) is 24.3 Å². The van der Waals surface area contributed by atoms with Crippen molar-refractivity contribution in [3.8, 4) is 17.2 Å². The van der Waals surface area contributed by atoms with Crippen molar-refractivity contribution in [2.75, 3.05) is 13.7 Å². The van der Waals surface area contributed by atoms with Crippen molar-refractivity contribution in [3.05, 3.63) is 64.1 Å². The average Bonchev–Trinajstić information content (AvgIpc) is 2.70. The largest absolute Gasteiger partial charge is 0.504 e. The number of amides is 1. The highest BCUT2D eigenvalue weighted by atomic mass is 79.9. The van der Waals surface area contributed by atoms with Gasteiger partial charge in [-0.05, 0) is 57.9 Å². The molecule has 0 unspecified atom stereocenters. The number of phenolic OH excluding ortho intramolecular Hbond substituents is 1. The van der Waals surface area contributed by atoms with Crippen LogP contribution in [0.2, 0.25) is 0 Å². The Morgan fingerprint density at radius 1 is 1.18 bits per heavy atom. The third-order valence-corrected chi connectivity index (χ3v) is 4.75. The first-order chi connectivity index (χ1) is 13.5. The number of nitrogens with zero attached hydrogens (tertiary/aromatic N) is 1. The summed E-state index contributed by atoms with van der Waals surface area (Å²) in [5.74, 6) is 0.445. The van der Waals surface area contributed by atoms with Gasteiger partial charge in [0.05, 0.1) is 25.5 Å². The summed E-state index contributed by atoms with van der Waals surface area (Å²) in [5.41, 5.74) is 3.54. The van der Waals surface area contributed by atoms with E-state index in [0.717, 1.165) is 10.8 Å². The summed E-state index contributed by atoms with van der Waals surface area (Å²) in [7, 11) is 1.52. The molecule has 0 saturated carbocycles. The summed E-state index contributed by atoms with van der Waals surface area (Å²) in [4.78, 5) is 12.6. The van der Waals surface area contributed by atoms with Crippen LogP contribution in [-0.4, -0.2) is 30.9 Å². The Kier molecular flexibility index (Phi) is 6.16. The van der Waals surface area contributed by atoms with Gasteiger partial charge in [0, 0.05) is 10.0 Å². The SMILES string of the molecule is CCOc1cc(/C=N/NC(=O)c2cc3ccccc3cc2OC)c(Br)cc1O. The molecule has 1 amide bonds. The van der Waals surface area contributed by atoms with Gasteiger partial charge in [0.1, 0.15) is 5.75 Å². The van der Waals surface area contributed by atoms with Crippen LogP contribution in [0.5, 0.6) is 17.2 Å². The van der Waals surface area contributed by atoms with Crippen molar-refractivity contribution in [1.29, 1.82) is 0 Å². The molecule has 28 heavy (non-hydrogen) atoms. The quantitative estimate of drug-likeness (QED) is 0.435. The summed E-state index contributed by atoms with van der Waals surface area (Å²) in [6.45, 7) is 2.25. The maximum atomic E-state index is 12.6. The molecule has 3 rings (SSSR count). The van der Waals surface area contributed by atoms with Crippen LogP contribution in [0, 0.1) is 0 Å². The number of hydrazone groups is 1. The average molecular weight is 443 g/mol. The number of ether oxygens (including phenoxy) is 2. The second kappa shape index (κ2) is 8.75. The predicted octanol–water partition coefficient (Wildman–Crippen LogP) is 4.48. The molecule has 0 bridgehead atoms. The van der Waals surface area contributed by atoms with E-state index in [9.17, 15) is 9.90 Å². The summed E-state index contributed by atoms with van der Waals surface area (Å²) >= 11 is 3.35. The van der Waals surface area contributed by atoms with E-state index in [2.05, 4.69) is 26.5 Å². The molecular weight excluding hydrogens is 424 g/mol. The maximum absolute atomic E-state index is 12.6. The minimum atomic E-state index is -0.390. The highest BCUT2D eigenvalue weighted by Crippen LogP contribution is 2.32. The van der Waals surface area contributed by atoms with Crippen molar-refractivity contribution in [2.24, 2.45) is 5.10 Å². The molecule has 0 heterocycles. The minimum Gasteiger partial charge on any atom is -0.504 e. The zero-order valence-electron chi connectivity index (χ0n) is 15.4. The van der Waals surface area contributed by atoms with E-state index in [-0.39, 0.29) is 5.75 Å². The molecule has 6 nitrogen and oxygen atoms in total. The summed E-state index contributed by atoms with van der Waals surface area (Å²) in [6.07, 6.45) is 1.47. The molecule has 0 aliphatic heterocycles. The van der Waals surface area contributed by atoms with Gasteiger partial charge in [-0.25, -0.2) is 5.43 Å². The van der Waals surface area contributed by atoms with Gasteiger partial charge in [0.25, 0.3) is 5.91 Å². The van der Waals surface area contributed by atoms with Crippen LogP contribution >= 0.6 is 15.9 Å². The molecule has 0 saturated heterocycles. The highest BCUT2D eigenvalue weighted by Gasteiger charge is 2.13. The molecule has 0 atom stereocenters. The Morgan fingerprint density at radius 2 is 1.89 bits per heavy atom. The molecule has 0 aliphatic carbocycles. The maximum Gasteiger partial charge on any atom is 0.275 e. The van der Waals surface area contributed by atoms with E-state index >= 15 is 0 Å². The summed E-state index contributed by atoms with van der Waals surface area (Å²) < 4.78 is 11.3. The number of hydrogen-bond acceptors (Lipinski definition) is 5. The van der Waals surface area contributed by atoms with Gasteiger partial charge < -0.3 is 14.6 Å². The van der Waals surface area contributed by atoms with Crippen LogP contribution in [0.25, 0.3) is 10.8 Å². The van der Waals surface area contributed by atoms with Crippen LogP contribution in [0.1, 0.15) is 22.8 Å². The van der Waals surface area contributed by atoms with Gasteiger partial charge in [-0.3, -0.25) is 4.79 Å². The molecule has 0 aliphatic rings. The van der Waals surface area contributed by atoms with Gasteiger partial charge >= 0.3 is 0 Å². The van der Waals surface area contributed by atoms with Gasteiger partial charge in [0.15, 0.2) is 11.5 Å². The Balaban J connectivity index is 1.82. The number of phenols is 1. The second-order valence-electron chi connectivity index (χ2n) is 5.87. The van der Waals surface area contributed by atoms with Crippen molar-refractivity contribution < 1.29 is 19.4 Å². The van der Waals surface area contributed by atoms with Crippen LogP contribution in [-0.2, 0) is 0 Å². The number of methoxy groups -OCH3 is 1. The van der Waals surface area contributed by atoms with E-state index in [0.29, 0.717) is 33.7 Å². The summed E-state index contributed by atoms with van der Waals surface area (Å²) in [6, 6.07) is 14.5. The van der Waals surface area contributed by atoms with Crippen molar-refractivity contribution in [1.82, 2.24) is 5.43 Å². The molecule has 7 heteroatoms. The van der Waals surface area contributed by atoms with Crippen LogP contribution in [0.4, 0.5) is 0 Å². The molecule has 144 valence electrons. The normalized spacial score (nSPS) is 11.0. The standard InChI is InChI=1S/C21H19BrN2O4/c1-3-28-20-10-15(17(22)11-18(20)25)12-23-24-21(26)16-8-13-6-4-5-7-14(13)9-19(16)27-2/h4-12,25H,3H2,1-2H3,(H,24,26)/b23-12+. The first-order valence-corrected chi connectivity index (χ1v) is 9.38. The molecule has 0 fully saturated rings. The lowest BCUT2D eigenvalue weighted by Gasteiger charge is -2.10. The Labute approximate surface area is 170 Å². The van der Waals surface area contributed by atoms with E-state index in [1.54, 1.807) is 12.1 Å². The smallest absolute Gasteiger partial charge is 0.275 e. The van der Waals surface area contributed by atoms with Crippen LogP contribution in [0.3, 0.4) is 0 Å². The van der Waals surface area contributed by atoms with Crippen molar-refractivity contribution in [3.63, 3.8) is 0 Å². The number of halogens is 1. The topological polar surface area (TPSA) is 80.2 Å². The molecular formula is C21H19BrN2O4. The molecule has 3 aromatic carbocycles. The number of rotatable bonds is 6. The molecule has 0 radical (unpaired) electrons. The van der Waals surface area contributed by atoms with Crippen molar-refractivity contribution in [2.45, 2.75) is 6.92 Å². The third kappa shape index (κ3) is 4.26. The Hall–Kier alpha value is -3.06. The summed E-state index contributed by atoms with van der Waals surface area (Å²) in [5, 5.41) is 15.8. The van der Waals surface area contributed by atoms with Gasteiger partial charge in [-0.15, -0.1) is 0 Å². The van der Waals surface area contributed by atoms with Gasteiger partial charge in [-0.2, -0.15) is 5.10 Å². The van der Waals surface area contributed by atoms with E-state index in [1.165, 1.54) is 19.4 Å². The number of aromatic hydroxyl groups is 1. The number of carbonyl (C=O) groups is 1. The van der Waals surface area contributed by atoms with Crippen molar-refractivity contribution >= 4 is 38.8 Å². The van der Waals surface area contributed by atoms with E-state index < -0.39 is 5.91 Å². The number of nitrogens with one attached hydrogen (secondary N) is 1. The molecule has 3 aromatic rings. The number of benzene rings is 3. The lowest BCUT2D eigenvalue weighted by Crippen LogP contribution is -2.18. The van der Waals surface area contributed by atoms with Crippen LogP contribution in [0.15, 0.2) is 58.1 Å². The zero-order chi connectivity index (χ0) is 20.1. The number of fused-ring (bicyclic) bond motifs is 1. The fraction of sp³-hybridized carbons (Fsp3) is 0.143. The van der Waals surface area contributed by atoms with Gasteiger partial charge in [0.2, 0.25) is 0 Å². The first-order valence-electron chi connectivity index (χ1n) is 8.59. The molecule has 2 N–H and O–H groups in total. The van der Waals surface area contributed by atoms with Crippen LogP contribution < -0.4 is 14.9 Å². The monoisotopic (exact) mass is 442 g/mol. The highest BCUT2D eigenvalue weighted by molar-refractivity contribution is 9.10. The fourth-order valence-corrected chi connectivity index (χ4v) is 3.15. The lowest BCUT2D eigenvalue weighted by molar-refractivity contribution is 0.0952. The third-order valence-electron chi connectivity index (χ3n) is 4.06. The number of carbonyl (C=O) groups excluding carboxylic acids is 1. The zero-order valence-corrected chi connectivity index (χ0v) is 17.0. The van der Waals surface area contributed by atoms with E-state index in [1.807, 2.05) is 37.3 Å².